The predicted octanol–water partition coefficient (Wildman–Crippen LogP) is -0.235. The Bertz CT molecular complexity index is 620. The van der Waals surface area contributed by atoms with Gasteiger partial charge in [-0.25, -0.2) is 9.97 Å². The van der Waals surface area contributed by atoms with Crippen LogP contribution in [0, 0.1) is 0 Å². The minimum absolute atomic E-state index is 0.348. The van der Waals surface area contributed by atoms with Crippen LogP contribution < -0.4 is 0 Å². The molecule has 1 fully saturated rings. The SMILES string of the molecule is CSc1ncnc2c1ccn2[C@@H]1O[C@H](CO)[C@@H](O)[C@H]1O. The van der Waals surface area contributed by atoms with Crippen LogP contribution in [0.3, 0.4) is 0 Å². The molecule has 0 bridgehead atoms. The summed E-state index contributed by atoms with van der Waals surface area (Å²) in [4.78, 5) is 8.38. The molecule has 0 amide bonds. The van der Waals surface area contributed by atoms with Crippen molar-refractivity contribution in [3.05, 3.63) is 18.6 Å². The molecule has 2 aromatic rings. The molecule has 3 rings (SSSR count). The third-order valence-electron chi connectivity index (χ3n) is 3.46. The molecule has 0 spiro atoms. The Labute approximate surface area is 119 Å². The van der Waals surface area contributed by atoms with E-state index >= 15 is 0 Å². The molecule has 108 valence electrons. The van der Waals surface area contributed by atoms with E-state index in [1.54, 1.807) is 10.8 Å². The molecule has 1 aliphatic heterocycles. The molecule has 0 unspecified atom stereocenters. The van der Waals surface area contributed by atoms with Gasteiger partial charge in [0.25, 0.3) is 0 Å². The van der Waals surface area contributed by atoms with Gasteiger partial charge in [-0.3, -0.25) is 0 Å². The Balaban J connectivity index is 2.03. The average Bonchev–Trinajstić information content (AvgIpc) is 3.01. The van der Waals surface area contributed by atoms with Crippen LogP contribution in [0.15, 0.2) is 23.6 Å². The normalized spacial score (nSPS) is 30.2. The number of aliphatic hydroxyl groups excluding tert-OH is 3. The van der Waals surface area contributed by atoms with Crippen LogP contribution in [0.4, 0.5) is 0 Å². The third-order valence-corrected chi connectivity index (χ3v) is 4.17. The number of hydrogen-bond acceptors (Lipinski definition) is 7. The van der Waals surface area contributed by atoms with Crippen LogP contribution in [0.5, 0.6) is 0 Å². The summed E-state index contributed by atoms with van der Waals surface area (Å²) in [7, 11) is 0. The van der Waals surface area contributed by atoms with Gasteiger partial charge in [-0.05, 0) is 12.3 Å². The molecule has 4 atom stereocenters. The highest BCUT2D eigenvalue weighted by Gasteiger charge is 2.43. The number of nitrogens with zero attached hydrogens (tertiary/aromatic N) is 3. The second kappa shape index (κ2) is 5.30. The van der Waals surface area contributed by atoms with Crippen molar-refractivity contribution >= 4 is 22.8 Å². The van der Waals surface area contributed by atoms with E-state index in [9.17, 15) is 10.2 Å². The summed E-state index contributed by atoms with van der Waals surface area (Å²) < 4.78 is 7.16. The highest BCUT2D eigenvalue weighted by Crippen LogP contribution is 2.33. The predicted molar refractivity (Wildman–Crippen MR) is 72.3 cm³/mol. The summed E-state index contributed by atoms with van der Waals surface area (Å²) in [5.74, 6) is 0. The molecule has 1 aliphatic rings. The van der Waals surface area contributed by atoms with Gasteiger partial charge in [0.15, 0.2) is 6.23 Å². The van der Waals surface area contributed by atoms with Crippen molar-refractivity contribution in [3.63, 3.8) is 0 Å². The van der Waals surface area contributed by atoms with Gasteiger partial charge in [-0.15, -0.1) is 11.8 Å². The summed E-state index contributed by atoms with van der Waals surface area (Å²) in [5.41, 5.74) is 0.624. The highest BCUT2D eigenvalue weighted by atomic mass is 32.2. The second-order valence-electron chi connectivity index (χ2n) is 4.57. The largest absolute Gasteiger partial charge is 0.394 e. The first-order chi connectivity index (χ1) is 9.67. The highest BCUT2D eigenvalue weighted by molar-refractivity contribution is 7.98. The first-order valence-electron chi connectivity index (χ1n) is 6.15. The fourth-order valence-electron chi connectivity index (χ4n) is 2.43. The van der Waals surface area contributed by atoms with E-state index < -0.39 is 24.5 Å². The molecule has 20 heavy (non-hydrogen) atoms. The van der Waals surface area contributed by atoms with Crippen LogP contribution in [0.1, 0.15) is 6.23 Å². The van der Waals surface area contributed by atoms with Crippen LogP contribution in [-0.2, 0) is 4.74 Å². The lowest BCUT2D eigenvalue weighted by Crippen LogP contribution is -2.33. The lowest BCUT2D eigenvalue weighted by Gasteiger charge is -2.17. The Kier molecular flexibility index (Phi) is 3.65. The third kappa shape index (κ3) is 2.00. The van der Waals surface area contributed by atoms with E-state index in [0.29, 0.717) is 5.65 Å². The van der Waals surface area contributed by atoms with Gasteiger partial charge < -0.3 is 24.6 Å². The minimum atomic E-state index is -1.12. The van der Waals surface area contributed by atoms with Crippen molar-refractivity contribution in [3.8, 4) is 0 Å². The van der Waals surface area contributed by atoms with E-state index in [-0.39, 0.29) is 6.61 Å². The number of thioether (sulfide) groups is 1. The number of hydrogen-bond donors (Lipinski definition) is 3. The molecule has 0 saturated carbocycles. The van der Waals surface area contributed by atoms with Gasteiger partial charge in [-0.2, -0.15) is 0 Å². The van der Waals surface area contributed by atoms with Crippen LogP contribution in [-0.4, -0.2) is 61.0 Å². The fourth-order valence-corrected chi connectivity index (χ4v) is 2.96. The number of fused-ring (bicyclic) bond motifs is 1. The molecule has 3 N–H and O–H groups in total. The fraction of sp³-hybridized carbons (Fsp3) is 0.500. The lowest BCUT2D eigenvalue weighted by atomic mass is 10.1. The average molecular weight is 297 g/mol. The molecule has 1 saturated heterocycles. The van der Waals surface area contributed by atoms with Crippen LogP contribution in [0.25, 0.3) is 11.0 Å². The van der Waals surface area contributed by atoms with E-state index in [1.165, 1.54) is 18.1 Å². The van der Waals surface area contributed by atoms with E-state index in [2.05, 4.69) is 9.97 Å². The molecule has 3 heterocycles. The van der Waals surface area contributed by atoms with E-state index in [4.69, 9.17) is 9.84 Å². The van der Waals surface area contributed by atoms with Crippen LogP contribution in [0.2, 0.25) is 0 Å². The lowest BCUT2D eigenvalue weighted by molar-refractivity contribution is -0.0508. The minimum Gasteiger partial charge on any atom is -0.394 e. The number of rotatable bonds is 3. The van der Waals surface area contributed by atoms with Crippen LogP contribution >= 0.6 is 11.8 Å². The van der Waals surface area contributed by atoms with Crippen molar-refractivity contribution in [1.29, 1.82) is 0 Å². The number of aliphatic hydroxyl groups is 3. The maximum Gasteiger partial charge on any atom is 0.164 e. The first-order valence-corrected chi connectivity index (χ1v) is 7.38. The molecule has 0 aromatic carbocycles. The topological polar surface area (TPSA) is 101 Å². The summed E-state index contributed by atoms with van der Waals surface area (Å²) >= 11 is 1.50. The van der Waals surface area contributed by atoms with Crippen molar-refractivity contribution in [2.24, 2.45) is 0 Å². The van der Waals surface area contributed by atoms with E-state index in [1.807, 2.05) is 12.3 Å². The summed E-state index contributed by atoms with van der Waals surface area (Å²) in [6.07, 6.45) is 1.30. The molecule has 7 nitrogen and oxygen atoms in total. The molecular weight excluding hydrogens is 282 g/mol. The van der Waals surface area contributed by atoms with Gasteiger partial charge in [0.05, 0.1) is 12.0 Å². The van der Waals surface area contributed by atoms with Gasteiger partial charge >= 0.3 is 0 Å². The van der Waals surface area contributed by atoms with Crippen molar-refractivity contribution in [1.82, 2.24) is 14.5 Å². The first kappa shape index (κ1) is 13.8. The van der Waals surface area contributed by atoms with Gasteiger partial charge in [0, 0.05) is 6.20 Å². The second-order valence-corrected chi connectivity index (χ2v) is 5.37. The Morgan fingerprint density at radius 3 is 2.80 bits per heavy atom. The maximum atomic E-state index is 10.1. The maximum absolute atomic E-state index is 10.1. The Morgan fingerprint density at radius 1 is 1.35 bits per heavy atom. The van der Waals surface area contributed by atoms with Gasteiger partial charge in [0.1, 0.15) is 35.3 Å². The molecule has 8 heteroatoms. The molecule has 0 radical (unpaired) electrons. The zero-order valence-corrected chi connectivity index (χ0v) is 11.6. The Morgan fingerprint density at radius 2 is 2.15 bits per heavy atom. The molecule has 0 aliphatic carbocycles. The summed E-state index contributed by atoms with van der Waals surface area (Å²) in [6.45, 7) is -0.348. The van der Waals surface area contributed by atoms with Crippen molar-refractivity contribution in [2.45, 2.75) is 29.6 Å². The zero-order chi connectivity index (χ0) is 14.3. The number of ether oxygens (including phenoxy) is 1. The van der Waals surface area contributed by atoms with Crippen molar-refractivity contribution < 1.29 is 20.1 Å². The van der Waals surface area contributed by atoms with Crippen molar-refractivity contribution in [2.75, 3.05) is 12.9 Å². The zero-order valence-electron chi connectivity index (χ0n) is 10.7. The smallest absolute Gasteiger partial charge is 0.164 e. The molecule has 2 aromatic heterocycles. The van der Waals surface area contributed by atoms with E-state index in [0.717, 1.165) is 10.4 Å². The molecular formula is C12H15N3O4S. The number of aromatic nitrogens is 3. The quantitative estimate of drug-likeness (QED) is 0.531. The summed E-state index contributed by atoms with van der Waals surface area (Å²) in [6, 6.07) is 1.84. The van der Waals surface area contributed by atoms with Gasteiger partial charge in [0.2, 0.25) is 0 Å². The monoisotopic (exact) mass is 297 g/mol. The standard InChI is InChI=1S/C12H15N3O4S/c1-20-11-6-2-3-15(10(6)13-5-14-11)12-9(18)8(17)7(4-16)19-12/h2-3,5,7-9,12,16-18H,4H2,1H3/t7-,8-,9-,12-/m1/s1. The van der Waals surface area contributed by atoms with Gasteiger partial charge in [-0.1, -0.05) is 0 Å². The Hall–Kier alpha value is -1.19. The summed E-state index contributed by atoms with van der Waals surface area (Å²) in [5, 5.41) is 30.7.